The lowest BCUT2D eigenvalue weighted by atomic mass is 9.84. The Labute approximate surface area is 179 Å². The highest BCUT2D eigenvalue weighted by atomic mass is 35.5. The Bertz CT molecular complexity index is 1020. The maximum Gasteiger partial charge on any atom is 0.234 e. The van der Waals surface area contributed by atoms with Gasteiger partial charge in [-0.2, -0.15) is 0 Å². The number of hydrogen-bond acceptors (Lipinski definition) is 2. The predicted molar refractivity (Wildman–Crippen MR) is 113 cm³/mol. The van der Waals surface area contributed by atoms with Crippen molar-refractivity contribution in [3.63, 3.8) is 0 Å². The Morgan fingerprint density at radius 1 is 0.933 bits per heavy atom. The van der Waals surface area contributed by atoms with E-state index in [1.165, 1.54) is 18.2 Å². The van der Waals surface area contributed by atoms with Gasteiger partial charge in [0.05, 0.1) is 6.54 Å². The molecule has 30 heavy (non-hydrogen) atoms. The minimum atomic E-state index is -0.599. The number of hydrogen-bond donors (Lipinski definition) is 1. The van der Waals surface area contributed by atoms with Crippen molar-refractivity contribution in [1.82, 2.24) is 10.2 Å². The van der Waals surface area contributed by atoms with E-state index in [-0.39, 0.29) is 11.5 Å². The highest BCUT2D eigenvalue weighted by Crippen LogP contribution is 2.35. The second-order valence-corrected chi connectivity index (χ2v) is 7.86. The molecule has 1 saturated heterocycles. The van der Waals surface area contributed by atoms with E-state index in [0.29, 0.717) is 24.7 Å². The van der Waals surface area contributed by atoms with Gasteiger partial charge in [0.25, 0.3) is 0 Å². The van der Waals surface area contributed by atoms with Crippen molar-refractivity contribution in [3.05, 3.63) is 106 Å². The second kappa shape index (κ2) is 8.94. The van der Waals surface area contributed by atoms with Gasteiger partial charge >= 0.3 is 0 Å². The molecule has 6 heteroatoms. The molecule has 3 aromatic carbocycles. The number of piperazine rings is 1. The molecule has 0 spiro atoms. The van der Waals surface area contributed by atoms with Crippen LogP contribution in [0.2, 0.25) is 5.02 Å². The van der Waals surface area contributed by atoms with Crippen LogP contribution in [0.1, 0.15) is 28.2 Å². The first-order chi connectivity index (χ1) is 14.5. The smallest absolute Gasteiger partial charge is 0.234 e. The second-order valence-electron chi connectivity index (χ2n) is 7.42. The van der Waals surface area contributed by atoms with Crippen LogP contribution < -0.4 is 5.32 Å². The van der Waals surface area contributed by atoms with Gasteiger partial charge in [0.2, 0.25) is 5.91 Å². The molecule has 154 valence electrons. The lowest BCUT2D eigenvalue weighted by molar-refractivity contribution is -0.124. The van der Waals surface area contributed by atoms with Crippen LogP contribution in [0.25, 0.3) is 0 Å². The Morgan fingerprint density at radius 2 is 1.53 bits per heavy atom. The normalized spacial score (nSPS) is 15.6. The van der Waals surface area contributed by atoms with Crippen molar-refractivity contribution in [2.45, 2.75) is 12.5 Å². The number of rotatable bonds is 5. The van der Waals surface area contributed by atoms with Crippen molar-refractivity contribution in [2.75, 3.05) is 19.6 Å². The molecule has 1 aliphatic heterocycles. The molecular formula is C24H21ClF2N2O. The summed E-state index contributed by atoms with van der Waals surface area (Å²) in [4.78, 5) is 13.6. The lowest BCUT2D eigenvalue weighted by Crippen LogP contribution is -2.47. The van der Waals surface area contributed by atoms with Crippen molar-refractivity contribution >= 4 is 17.5 Å². The maximum atomic E-state index is 14.7. The van der Waals surface area contributed by atoms with E-state index >= 15 is 0 Å². The van der Waals surface area contributed by atoms with Gasteiger partial charge < -0.3 is 5.32 Å². The van der Waals surface area contributed by atoms with Crippen LogP contribution in [0, 0.1) is 11.6 Å². The van der Waals surface area contributed by atoms with Gasteiger partial charge in [0.1, 0.15) is 11.6 Å². The Morgan fingerprint density at radius 3 is 2.13 bits per heavy atom. The molecular weight excluding hydrogens is 406 g/mol. The first kappa shape index (κ1) is 20.5. The van der Waals surface area contributed by atoms with Crippen LogP contribution in [0.5, 0.6) is 0 Å². The van der Waals surface area contributed by atoms with Crippen LogP contribution in [0.4, 0.5) is 8.78 Å². The molecule has 1 atom stereocenters. The van der Waals surface area contributed by atoms with Gasteiger partial charge in [0, 0.05) is 36.1 Å². The molecule has 0 aromatic heterocycles. The zero-order valence-electron chi connectivity index (χ0n) is 16.2. The van der Waals surface area contributed by atoms with E-state index in [1.807, 2.05) is 24.3 Å². The fraction of sp³-hybridized carbons (Fsp3) is 0.208. The summed E-state index contributed by atoms with van der Waals surface area (Å²) in [7, 11) is 0. The van der Waals surface area contributed by atoms with Gasteiger partial charge in [0.15, 0.2) is 0 Å². The summed E-state index contributed by atoms with van der Waals surface area (Å²) in [5.41, 5.74) is 2.59. The Balaban J connectivity index is 1.67. The molecule has 1 heterocycles. The van der Waals surface area contributed by atoms with E-state index in [9.17, 15) is 13.6 Å². The maximum absolute atomic E-state index is 14.7. The summed E-state index contributed by atoms with van der Waals surface area (Å²) < 4.78 is 29.3. The van der Waals surface area contributed by atoms with E-state index < -0.39 is 17.6 Å². The largest absolute Gasteiger partial charge is 0.354 e. The number of nitrogens with one attached hydrogen (secondary N) is 1. The summed E-state index contributed by atoms with van der Waals surface area (Å²) in [6.45, 7) is 2.45. The zero-order chi connectivity index (χ0) is 21.1. The molecule has 0 saturated carbocycles. The van der Waals surface area contributed by atoms with Crippen molar-refractivity contribution < 1.29 is 13.6 Å². The van der Waals surface area contributed by atoms with Crippen molar-refractivity contribution in [1.29, 1.82) is 0 Å². The summed E-state index contributed by atoms with van der Waals surface area (Å²) >= 11 is 6.01. The number of benzene rings is 3. The van der Waals surface area contributed by atoms with E-state index in [4.69, 9.17) is 11.6 Å². The Kier molecular flexibility index (Phi) is 6.11. The van der Waals surface area contributed by atoms with Crippen LogP contribution in [0.3, 0.4) is 0 Å². The highest BCUT2D eigenvalue weighted by molar-refractivity contribution is 6.30. The fourth-order valence-corrected chi connectivity index (χ4v) is 3.99. The minimum absolute atomic E-state index is 0.0141. The minimum Gasteiger partial charge on any atom is -0.354 e. The topological polar surface area (TPSA) is 32.3 Å². The summed E-state index contributed by atoms with van der Waals surface area (Å²) in [5, 5.41) is 3.37. The van der Waals surface area contributed by atoms with E-state index in [2.05, 4.69) is 10.2 Å². The SMILES string of the molecule is O=C1CN(Cc2ccc(C(c3ccc(Cl)cc3)c3c(F)cccc3F)cc2)CCN1. The molecule has 0 aliphatic carbocycles. The van der Waals surface area contributed by atoms with Crippen LogP contribution in [-0.2, 0) is 11.3 Å². The van der Waals surface area contributed by atoms with E-state index in [0.717, 1.165) is 23.2 Å². The average Bonchev–Trinajstić information content (AvgIpc) is 2.73. The van der Waals surface area contributed by atoms with Gasteiger partial charge in [-0.05, 0) is 41.0 Å². The van der Waals surface area contributed by atoms with Crippen LogP contribution >= 0.6 is 11.6 Å². The number of amides is 1. The van der Waals surface area contributed by atoms with Crippen molar-refractivity contribution in [3.8, 4) is 0 Å². The molecule has 4 rings (SSSR count). The molecule has 1 fully saturated rings. The summed E-state index contributed by atoms with van der Waals surface area (Å²) in [6.07, 6.45) is 0. The van der Waals surface area contributed by atoms with Gasteiger partial charge in [-0.15, -0.1) is 0 Å². The third-order valence-electron chi connectivity index (χ3n) is 5.33. The molecule has 0 bridgehead atoms. The third-order valence-corrected chi connectivity index (χ3v) is 5.58. The van der Waals surface area contributed by atoms with Gasteiger partial charge in [-0.3, -0.25) is 9.69 Å². The number of nitrogens with zero attached hydrogens (tertiary/aromatic N) is 1. The van der Waals surface area contributed by atoms with Gasteiger partial charge in [-0.1, -0.05) is 54.1 Å². The molecule has 3 aromatic rings. The predicted octanol–water partition coefficient (Wildman–Crippen LogP) is 4.73. The number of halogens is 3. The molecule has 3 nitrogen and oxygen atoms in total. The first-order valence-corrected chi connectivity index (χ1v) is 10.2. The number of carbonyl (C=O) groups excluding carboxylic acids is 1. The standard InChI is InChI=1S/C24H21ClF2N2O/c25-19-10-8-18(9-11-19)23(24-20(26)2-1-3-21(24)27)17-6-4-16(5-7-17)14-29-13-12-28-22(30)15-29/h1-11,23H,12-15H2,(H,28,30). The first-order valence-electron chi connectivity index (χ1n) is 9.78. The van der Waals surface area contributed by atoms with Crippen LogP contribution in [0.15, 0.2) is 66.7 Å². The fourth-order valence-electron chi connectivity index (χ4n) is 3.87. The zero-order valence-corrected chi connectivity index (χ0v) is 17.0. The van der Waals surface area contributed by atoms with Crippen molar-refractivity contribution in [2.24, 2.45) is 0 Å². The molecule has 1 N–H and O–H groups in total. The summed E-state index contributed by atoms with van der Waals surface area (Å²) in [5.74, 6) is -1.74. The quantitative estimate of drug-likeness (QED) is 0.598. The molecule has 1 unspecified atom stereocenters. The van der Waals surface area contributed by atoms with Gasteiger partial charge in [-0.25, -0.2) is 8.78 Å². The van der Waals surface area contributed by atoms with E-state index in [1.54, 1.807) is 24.3 Å². The molecule has 1 aliphatic rings. The van der Waals surface area contributed by atoms with Crippen LogP contribution in [-0.4, -0.2) is 30.4 Å². The lowest BCUT2D eigenvalue weighted by Gasteiger charge is -2.26. The molecule has 0 radical (unpaired) electrons. The monoisotopic (exact) mass is 426 g/mol. The number of carbonyl (C=O) groups is 1. The Hall–Kier alpha value is -2.76. The highest BCUT2D eigenvalue weighted by Gasteiger charge is 2.24. The molecule has 1 amide bonds. The third kappa shape index (κ3) is 4.53. The summed E-state index contributed by atoms with van der Waals surface area (Å²) in [6, 6.07) is 18.6. The average molecular weight is 427 g/mol.